The van der Waals surface area contributed by atoms with Crippen molar-refractivity contribution >= 4 is 52.5 Å². The highest BCUT2D eigenvalue weighted by Gasteiger charge is 2.57. The van der Waals surface area contributed by atoms with E-state index in [1.165, 1.54) is 17.8 Å². The van der Waals surface area contributed by atoms with Crippen molar-refractivity contribution < 1.29 is 14.9 Å². The number of aromatic nitrogens is 4. The predicted molar refractivity (Wildman–Crippen MR) is 90.9 cm³/mol. The van der Waals surface area contributed by atoms with E-state index < -0.39 is 29.4 Å². The molecule has 0 aromatic carbocycles. The molecule has 1 aliphatic heterocycles. The van der Waals surface area contributed by atoms with Gasteiger partial charge in [-0.25, -0.2) is 9.97 Å². The van der Waals surface area contributed by atoms with E-state index in [0.29, 0.717) is 11.2 Å². The van der Waals surface area contributed by atoms with Gasteiger partial charge in [-0.05, 0) is 18.5 Å². The fourth-order valence-electron chi connectivity index (χ4n) is 2.69. The van der Waals surface area contributed by atoms with Crippen LogP contribution in [-0.4, -0.2) is 52.9 Å². The number of rotatable bonds is 2. The number of nitrogens with zero attached hydrogens (tertiary/aromatic N) is 3. The summed E-state index contributed by atoms with van der Waals surface area (Å²) in [6, 6.07) is 0. The second-order valence-corrected chi connectivity index (χ2v) is 6.60. The van der Waals surface area contributed by atoms with Crippen molar-refractivity contribution in [3.05, 3.63) is 11.0 Å². The molecule has 0 bridgehead atoms. The van der Waals surface area contributed by atoms with Crippen molar-refractivity contribution in [2.75, 3.05) is 5.73 Å². The van der Waals surface area contributed by atoms with Crippen molar-refractivity contribution in [3.8, 4) is 11.3 Å². The lowest BCUT2D eigenvalue weighted by molar-refractivity contribution is -0.0752. The highest BCUT2D eigenvalue weighted by Crippen LogP contribution is 2.45. The Hall–Kier alpha value is -1.41. The van der Waals surface area contributed by atoms with Crippen LogP contribution in [0.3, 0.4) is 0 Å². The number of H-pyrrole nitrogens is 1. The number of imidazole rings is 1. The molecule has 5 atom stereocenters. The molecular weight excluding hydrogens is 377 g/mol. The van der Waals surface area contributed by atoms with Crippen LogP contribution in [0, 0.1) is 15.9 Å². The maximum absolute atomic E-state index is 10.5. The molecule has 0 saturated carbocycles. The zero-order valence-corrected chi connectivity index (χ0v) is 14.6. The summed E-state index contributed by atoms with van der Waals surface area (Å²) in [6.45, 7) is 1.48. The maximum atomic E-state index is 10.5. The van der Waals surface area contributed by atoms with Crippen molar-refractivity contribution in [1.29, 1.82) is 0 Å². The normalized spacial score (nSPS) is 31.0. The van der Waals surface area contributed by atoms with Gasteiger partial charge in [0.05, 0.1) is 12.4 Å². The van der Waals surface area contributed by atoms with Crippen LogP contribution >= 0.6 is 35.4 Å². The summed E-state index contributed by atoms with van der Waals surface area (Å²) in [5, 5.41) is 22.5. The van der Waals surface area contributed by atoms with Gasteiger partial charge in [-0.1, -0.05) is 29.7 Å². The lowest BCUT2D eigenvalue weighted by Gasteiger charge is -2.25. The third-order valence-corrected chi connectivity index (χ3v) is 4.70. The van der Waals surface area contributed by atoms with E-state index in [0.717, 1.165) is 0 Å². The van der Waals surface area contributed by atoms with Crippen molar-refractivity contribution in [2.24, 2.45) is 0 Å². The molecule has 11 heteroatoms. The van der Waals surface area contributed by atoms with Gasteiger partial charge in [0.25, 0.3) is 0 Å². The van der Waals surface area contributed by atoms with Crippen LogP contribution in [0.2, 0.25) is 0 Å². The van der Waals surface area contributed by atoms with Gasteiger partial charge in [0.15, 0.2) is 21.7 Å². The summed E-state index contributed by atoms with van der Waals surface area (Å²) in [5.74, 6) is 2.63. The van der Waals surface area contributed by atoms with Crippen LogP contribution in [0.4, 0.5) is 5.95 Å². The molecule has 0 radical (unpaired) electrons. The topological polar surface area (TPSA) is 122 Å². The second-order valence-electron chi connectivity index (χ2n) is 5.40. The van der Waals surface area contributed by atoms with E-state index in [1.807, 2.05) is 0 Å². The average molecular weight is 390 g/mol. The molecule has 0 aliphatic carbocycles. The quantitative estimate of drug-likeness (QED) is 0.341. The fourth-order valence-corrected chi connectivity index (χ4v) is 3.47. The number of nitrogens with two attached hydrogens (primary N) is 1. The van der Waals surface area contributed by atoms with Gasteiger partial charge in [0, 0.05) is 5.38 Å². The van der Waals surface area contributed by atoms with Crippen LogP contribution in [0.5, 0.6) is 0 Å². The number of nitrogens with one attached hydrogen (secondary N) is 1. The minimum atomic E-state index is -1.61. The van der Waals surface area contributed by atoms with Crippen molar-refractivity contribution in [3.63, 3.8) is 0 Å². The van der Waals surface area contributed by atoms with Gasteiger partial charge in [0.1, 0.15) is 23.4 Å². The molecule has 2 aromatic heterocycles. The molecule has 0 spiro atoms. The molecule has 128 valence electrons. The van der Waals surface area contributed by atoms with Crippen LogP contribution in [0.1, 0.15) is 13.2 Å². The number of aliphatic hydroxyl groups excluding tert-OH is 2. The van der Waals surface area contributed by atoms with Crippen LogP contribution < -0.4 is 5.73 Å². The number of alkyl halides is 1. The number of fused-ring (bicyclic) bond motifs is 1. The Balaban J connectivity index is 2.20. The van der Waals surface area contributed by atoms with Gasteiger partial charge >= 0.3 is 0 Å². The first kappa shape index (κ1) is 17.4. The van der Waals surface area contributed by atoms with Crippen LogP contribution in [0.25, 0.3) is 11.2 Å². The Bertz CT molecular complexity index is 904. The highest BCUT2D eigenvalue weighted by atomic mass is 35.5. The largest absolute Gasteiger partial charge is 0.391 e. The van der Waals surface area contributed by atoms with Gasteiger partial charge in [-0.15, -0.1) is 0 Å². The molecule has 1 unspecified atom stereocenters. The molecule has 24 heavy (non-hydrogen) atoms. The highest BCUT2D eigenvalue weighted by molar-refractivity contribution is 7.71. The number of hydrogen-bond donors (Lipinski definition) is 4. The molecule has 2 aromatic rings. The molecular formula is C13H13Cl2N5O3S. The average Bonchev–Trinajstić information content (AvgIpc) is 3.00. The minimum Gasteiger partial charge on any atom is -0.391 e. The van der Waals surface area contributed by atoms with Crippen LogP contribution in [0.15, 0.2) is 6.33 Å². The molecule has 8 nitrogen and oxygen atoms in total. The summed E-state index contributed by atoms with van der Waals surface area (Å²) in [6.07, 6.45) is -2.84. The summed E-state index contributed by atoms with van der Waals surface area (Å²) >= 11 is 17.1. The summed E-state index contributed by atoms with van der Waals surface area (Å²) in [5.41, 5.74) is 6.48. The molecule has 0 amide bonds. The number of ether oxygens (including phenoxy) is 1. The van der Waals surface area contributed by atoms with Gasteiger partial charge in [-0.2, -0.15) is 0 Å². The lowest BCUT2D eigenvalue weighted by Crippen LogP contribution is -2.43. The first-order valence-electron chi connectivity index (χ1n) is 6.85. The number of aliphatic hydroxyl groups is 2. The number of halogens is 2. The molecule has 5 N–H and O–H groups in total. The minimum absolute atomic E-state index is 0.0865. The van der Waals surface area contributed by atoms with E-state index in [4.69, 9.17) is 45.9 Å². The predicted octanol–water partition coefficient (Wildman–Crippen LogP) is 0.887. The standard InChI is InChI=1S/C13H13Cl2N5O3S/c1-5(21)7-8(22)13(15,2-3-14)11(23-7)20-4-17-6-9(20)18-12(16)19-10(6)24/h4-5,7-8,11,21-22H,1H3,(H3,16,18,19,24)/t5-,7-,8+,11-,13?/m1/s1. The Morgan fingerprint density at radius 2 is 2.33 bits per heavy atom. The number of aromatic amines is 1. The summed E-state index contributed by atoms with van der Waals surface area (Å²) in [4.78, 5) is 9.32. The Kier molecular flexibility index (Phi) is 4.46. The maximum Gasteiger partial charge on any atom is 0.200 e. The second kappa shape index (κ2) is 6.15. The molecule has 3 heterocycles. The van der Waals surface area contributed by atoms with Crippen LogP contribution in [-0.2, 0) is 4.74 Å². The van der Waals surface area contributed by atoms with Crippen molar-refractivity contribution in [2.45, 2.75) is 36.3 Å². The van der Waals surface area contributed by atoms with E-state index in [9.17, 15) is 10.2 Å². The molecule has 3 rings (SSSR count). The fraction of sp³-hybridized carbons (Fsp3) is 0.462. The Labute approximate surface area is 151 Å². The first-order chi connectivity index (χ1) is 11.3. The monoisotopic (exact) mass is 389 g/mol. The van der Waals surface area contributed by atoms with Gasteiger partial charge in [-0.3, -0.25) is 4.57 Å². The van der Waals surface area contributed by atoms with E-state index in [-0.39, 0.29) is 10.6 Å². The lowest BCUT2D eigenvalue weighted by atomic mass is 9.97. The van der Waals surface area contributed by atoms with Gasteiger partial charge in [0.2, 0.25) is 0 Å². The van der Waals surface area contributed by atoms with E-state index in [1.54, 1.807) is 0 Å². The number of hydrogen-bond acceptors (Lipinski definition) is 7. The molecule has 1 fully saturated rings. The zero-order valence-electron chi connectivity index (χ0n) is 12.3. The van der Waals surface area contributed by atoms with E-state index in [2.05, 4.69) is 26.3 Å². The Morgan fingerprint density at radius 1 is 1.62 bits per heavy atom. The third kappa shape index (κ3) is 2.56. The zero-order chi connectivity index (χ0) is 17.6. The number of nitrogen functional groups attached to an aromatic ring is 1. The first-order valence-corrected chi connectivity index (χ1v) is 8.01. The third-order valence-electron chi connectivity index (χ3n) is 3.82. The van der Waals surface area contributed by atoms with Crippen molar-refractivity contribution in [1.82, 2.24) is 19.5 Å². The van der Waals surface area contributed by atoms with Gasteiger partial charge < -0.3 is 25.7 Å². The summed E-state index contributed by atoms with van der Waals surface area (Å²) in [7, 11) is 0. The van der Waals surface area contributed by atoms with E-state index >= 15 is 0 Å². The molecule has 1 saturated heterocycles. The SMILES string of the molecule is C[C@@H](O)[C@H]1O[C@@H](n2cnc3c(=S)nc(N)[nH]c32)C(Cl)(C#CCl)[C@H]1O. The number of anilines is 1. The smallest absolute Gasteiger partial charge is 0.200 e. The molecule has 1 aliphatic rings. The summed E-state index contributed by atoms with van der Waals surface area (Å²) < 4.78 is 7.44. The Morgan fingerprint density at radius 3 is 2.96 bits per heavy atom.